The molecule has 1 heterocycles. The molecule has 2 aromatic carbocycles. The van der Waals surface area contributed by atoms with Crippen LogP contribution in [-0.4, -0.2) is 17.4 Å². The lowest BCUT2D eigenvalue weighted by Crippen LogP contribution is -2.11. The van der Waals surface area contributed by atoms with Crippen LogP contribution in [0.4, 0.5) is 0 Å². The summed E-state index contributed by atoms with van der Waals surface area (Å²) in [4.78, 5) is 15.4. The van der Waals surface area contributed by atoms with Gasteiger partial charge in [0.25, 0.3) is 0 Å². The fourth-order valence-corrected chi connectivity index (χ4v) is 3.28. The largest absolute Gasteiger partial charge is 0.484 e. The molecule has 21 heavy (non-hydrogen) atoms. The van der Waals surface area contributed by atoms with E-state index < -0.39 is 0 Å². The quantitative estimate of drug-likeness (QED) is 0.620. The van der Waals surface area contributed by atoms with Gasteiger partial charge in [0.15, 0.2) is 6.61 Å². The van der Waals surface area contributed by atoms with Crippen molar-refractivity contribution in [2.45, 2.75) is 0 Å². The van der Waals surface area contributed by atoms with Crippen molar-refractivity contribution < 1.29 is 9.53 Å². The van der Waals surface area contributed by atoms with Crippen LogP contribution in [0.15, 0.2) is 57.6 Å². The van der Waals surface area contributed by atoms with Crippen LogP contribution >= 0.6 is 31.9 Å². The zero-order valence-electron chi connectivity index (χ0n) is 10.9. The Hall–Kier alpha value is -1.59. The van der Waals surface area contributed by atoms with E-state index in [1.54, 1.807) is 6.20 Å². The number of benzene rings is 2. The maximum Gasteiger partial charge on any atom is 0.202 e. The molecule has 0 radical (unpaired) electrons. The van der Waals surface area contributed by atoms with Crippen molar-refractivity contribution in [3.8, 4) is 5.75 Å². The first-order chi connectivity index (χ1) is 10.1. The second-order valence-corrected chi connectivity index (χ2v) is 6.30. The number of aromatic nitrogens is 1. The molecule has 0 aliphatic carbocycles. The summed E-state index contributed by atoms with van der Waals surface area (Å²) in [7, 11) is 0. The Bertz CT molecular complexity index is 811. The lowest BCUT2D eigenvalue weighted by molar-refractivity contribution is 0.0922. The van der Waals surface area contributed by atoms with Crippen molar-refractivity contribution >= 4 is 48.5 Å². The predicted octanol–water partition coefficient (Wildman–Crippen LogP) is 4.95. The molecule has 0 unspecified atom stereocenters. The summed E-state index contributed by atoms with van der Waals surface area (Å²) in [5, 5.41) is 0.918. The van der Waals surface area contributed by atoms with E-state index in [2.05, 4.69) is 36.8 Å². The van der Waals surface area contributed by atoms with Crippen LogP contribution in [0.2, 0.25) is 0 Å². The Morgan fingerprint density at radius 2 is 1.95 bits per heavy atom. The highest BCUT2D eigenvalue weighted by Crippen LogP contribution is 2.28. The lowest BCUT2D eigenvalue weighted by atomic mass is 10.1. The monoisotopic (exact) mass is 407 g/mol. The standard InChI is InChI=1S/C16H11Br2NO2/c17-10-5-6-16(13(18)7-10)21-9-15(20)12-8-19-14-4-2-1-3-11(12)14/h1-8,19H,9H2. The van der Waals surface area contributed by atoms with Gasteiger partial charge in [-0.1, -0.05) is 34.1 Å². The molecule has 0 saturated carbocycles. The van der Waals surface area contributed by atoms with Gasteiger partial charge in [0, 0.05) is 27.1 Å². The van der Waals surface area contributed by atoms with E-state index in [1.165, 1.54) is 0 Å². The van der Waals surface area contributed by atoms with Crippen LogP contribution in [-0.2, 0) is 0 Å². The number of nitrogens with one attached hydrogen (secondary N) is 1. The fourth-order valence-electron chi connectivity index (χ4n) is 2.12. The number of H-pyrrole nitrogens is 1. The molecule has 3 aromatic rings. The minimum Gasteiger partial charge on any atom is -0.484 e. The highest BCUT2D eigenvalue weighted by molar-refractivity contribution is 9.11. The van der Waals surface area contributed by atoms with Gasteiger partial charge >= 0.3 is 0 Å². The van der Waals surface area contributed by atoms with E-state index in [9.17, 15) is 4.79 Å². The molecule has 1 N–H and O–H groups in total. The number of fused-ring (bicyclic) bond motifs is 1. The highest BCUT2D eigenvalue weighted by Gasteiger charge is 2.13. The van der Waals surface area contributed by atoms with Gasteiger partial charge in [0.1, 0.15) is 5.75 Å². The van der Waals surface area contributed by atoms with E-state index in [4.69, 9.17) is 4.74 Å². The number of hydrogen-bond acceptors (Lipinski definition) is 2. The van der Waals surface area contributed by atoms with Gasteiger partial charge in [0.05, 0.1) is 4.47 Å². The smallest absolute Gasteiger partial charge is 0.202 e. The number of aromatic amines is 1. The zero-order chi connectivity index (χ0) is 14.8. The maximum atomic E-state index is 12.3. The van der Waals surface area contributed by atoms with Crippen LogP contribution in [0.3, 0.4) is 0 Å². The summed E-state index contributed by atoms with van der Waals surface area (Å²) < 4.78 is 7.35. The number of carbonyl (C=O) groups is 1. The molecule has 0 atom stereocenters. The highest BCUT2D eigenvalue weighted by atomic mass is 79.9. The average Bonchev–Trinajstić information content (AvgIpc) is 2.90. The summed E-state index contributed by atoms with van der Waals surface area (Å²) in [5.74, 6) is 0.591. The number of para-hydroxylation sites is 1. The van der Waals surface area contributed by atoms with Crippen LogP contribution in [0, 0.1) is 0 Å². The molecular weight excluding hydrogens is 398 g/mol. The first-order valence-corrected chi connectivity index (χ1v) is 7.91. The molecule has 0 bridgehead atoms. The Balaban J connectivity index is 1.77. The Labute approximate surface area is 138 Å². The molecule has 3 rings (SSSR count). The van der Waals surface area contributed by atoms with Crippen molar-refractivity contribution in [2.75, 3.05) is 6.61 Å². The molecular formula is C16H11Br2NO2. The Kier molecular flexibility index (Phi) is 4.12. The van der Waals surface area contributed by atoms with Crippen molar-refractivity contribution in [3.05, 3.63) is 63.2 Å². The van der Waals surface area contributed by atoms with Crippen LogP contribution in [0.5, 0.6) is 5.75 Å². The molecule has 0 spiro atoms. The number of ether oxygens (including phenoxy) is 1. The molecule has 106 valence electrons. The van der Waals surface area contributed by atoms with Gasteiger partial charge in [-0.05, 0) is 40.2 Å². The molecule has 0 aliphatic heterocycles. The van der Waals surface area contributed by atoms with Crippen molar-refractivity contribution in [3.63, 3.8) is 0 Å². The number of carbonyl (C=O) groups excluding carboxylic acids is 1. The third-order valence-corrected chi connectivity index (χ3v) is 4.26. The third kappa shape index (κ3) is 3.04. The number of ketones is 1. The molecule has 5 heteroatoms. The van der Waals surface area contributed by atoms with E-state index in [1.807, 2.05) is 42.5 Å². The predicted molar refractivity (Wildman–Crippen MR) is 90.0 cm³/mol. The second-order valence-electron chi connectivity index (χ2n) is 4.53. The minimum atomic E-state index is -0.0535. The van der Waals surface area contributed by atoms with Crippen molar-refractivity contribution in [1.82, 2.24) is 4.98 Å². The molecule has 3 nitrogen and oxygen atoms in total. The first-order valence-electron chi connectivity index (χ1n) is 6.32. The second kappa shape index (κ2) is 6.03. The summed E-state index contributed by atoms with van der Waals surface area (Å²) in [6, 6.07) is 13.3. The number of Topliss-reactive ketones (excluding diaryl/α,β-unsaturated/α-hetero) is 1. The fraction of sp³-hybridized carbons (Fsp3) is 0.0625. The molecule has 0 saturated heterocycles. The van der Waals surface area contributed by atoms with Crippen molar-refractivity contribution in [2.24, 2.45) is 0 Å². The van der Waals surface area contributed by atoms with Gasteiger partial charge in [0.2, 0.25) is 5.78 Å². The van der Waals surface area contributed by atoms with Crippen LogP contribution in [0.25, 0.3) is 10.9 Å². The normalized spacial score (nSPS) is 10.8. The number of hydrogen-bond donors (Lipinski definition) is 1. The summed E-state index contributed by atoms with van der Waals surface area (Å²) >= 11 is 6.79. The number of rotatable bonds is 4. The molecule has 1 aromatic heterocycles. The Morgan fingerprint density at radius 3 is 2.76 bits per heavy atom. The van der Waals surface area contributed by atoms with Gasteiger partial charge in [-0.2, -0.15) is 0 Å². The topological polar surface area (TPSA) is 42.1 Å². The van der Waals surface area contributed by atoms with E-state index in [-0.39, 0.29) is 12.4 Å². The summed E-state index contributed by atoms with van der Waals surface area (Å²) in [6.45, 7) is 0.00206. The van der Waals surface area contributed by atoms with E-state index >= 15 is 0 Å². The SMILES string of the molecule is O=C(COc1ccc(Br)cc1Br)c1c[nH]c2ccccc12. The Morgan fingerprint density at radius 1 is 1.14 bits per heavy atom. The van der Waals surface area contributed by atoms with Gasteiger partial charge in [-0.3, -0.25) is 4.79 Å². The van der Waals surface area contributed by atoms with Gasteiger partial charge in [-0.15, -0.1) is 0 Å². The molecule has 0 fully saturated rings. The van der Waals surface area contributed by atoms with Crippen LogP contribution < -0.4 is 4.74 Å². The van der Waals surface area contributed by atoms with Gasteiger partial charge < -0.3 is 9.72 Å². The zero-order valence-corrected chi connectivity index (χ0v) is 14.1. The lowest BCUT2D eigenvalue weighted by Gasteiger charge is -2.07. The van der Waals surface area contributed by atoms with Crippen LogP contribution in [0.1, 0.15) is 10.4 Å². The molecule has 0 aliphatic rings. The first kappa shape index (κ1) is 14.4. The van der Waals surface area contributed by atoms with Crippen molar-refractivity contribution in [1.29, 1.82) is 0 Å². The van der Waals surface area contributed by atoms with E-state index in [0.29, 0.717) is 11.3 Å². The van der Waals surface area contributed by atoms with E-state index in [0.717, 1.165) is 19.8 Å². The third-order valence-electron chi connectivity index (χ3n) is 3.14. The molecule has 0 amide bonds. The van der Waals surface area contributed by atoms with Gasteiger partial charge in [-0.25, -0.2) is 0 Å². The number of halogens is 2. The summed E-state index contributed by atoms with van der Waals surface area (Å²) in [5.41, 5.74) is 1.60. The average molecular weight is 409 g/mol. The maximum absolute atomic E-state index is 12.3. The summed E-state index contributed by atoms with van der Waals surface area (Å²) in [6.07, 6.45) is 1.73. The minimum absolute atomic E-state index is 0.00206.